The lowest BCUT2D eigenvalue weighted by atomic mass is 10.1. The summed E-state index contributed by atoms with van der Waals surface area (Å²) in [6.07, 6.45) is 3.97. The van der Waals surface area contributed by atoms with Gasteiger partial charge in [-0.05, 0) is 31.6 Å². The van der Waals surface area contributed by atoms with E-state index in [2.05, 4.69) is 38.0 Å². The lowest BCUT2D eigenvalue weighted by molar-refractivity contribution is -0.129. The zero-order valence-corrected chi connectivity index (χ0v) is 15.4. The van der Waals surface area contributed by atoms with Crippen LogP contribution in [0.3, 0.4) is 0 Å². The largest absolute Gasteiger partial charge is 0.347 e. The molecular formula is C19H24N6O. The first-order valence-corrected chi connectivity index (χ1v) is 8.88. The molecule has 1 fully saturated rings. The first-order valence-electron chi connectivity index (χ1n) is 8.88. The topological polar surface area (TPSA) is 59.2 Å². The molecule has 1 aliphatic heterocycles. The Hall–Kier alpha value is -2.67. The highest BCUT2D eigenvalue weighted by Crippen LogP contribution is 2.26. The van der Waals surface area contributed by atoms with Gasteiger partial charge in [0.15, 0.2) is 0 Å². The van der Waals surface area contributed by atoms with Gasteiger partial charge in [0, 0.05) is 37.5 Å². The maximum absolute atomic E-state index is 13.0. The maximum atomic E-state index is 13.0. The van der Waals surface area contributed by atoms with E-state index in [9.17, 15) is 4.79 Å². The van der Waals surface area contributed by atoms with E-state index in [1.54, 1.807) is 6.20 Å². The third-order valence-corrected chi connectivity index (χ3v) is 5.44. The van der Waals surface area contributed by atoms with Crippen LogP contribution >= 0.6 is 0 Å². The Morgan fingerprint density at radius 1 is 1.27 bits per heavy atom. The molecule has 3 aromatic rings. The Morgan fingerprint density at radius 2 is 2.08 bits per heavy atom. The van der Waals surface area contributed by atoms with Crippen LogP contribution in [0.15, 0.2) is 42.7 Å². The summed E-state index contributed by atoms with van der Waals surface area (Å²) < 4.78 is 3.98. The van der Waals surface area contributed by atoms with Crippen molar-refractivity contribution >= 4 is 16.8 Å². The molecule has 0 saturated carbocycles. The Bertz CT molecular complexity index is 913. The van der Waals surface area contributed by atoms with Crippen molar-refractivity contribution in [1.29, 1.82) is 0 Å². The van der Waals surface area contributed by atoms with Crippen LogP contribution in [0.5, 0.6) is 0 Å². The highest BCUT2D eigenvalue weighted by molar-refractivity contribution is 5.85. The Labute approximate surface area is 152 Å². The maximum Gasteiger partial charge on any atom is 0.228 e. The standard InChI is InChI=1S/C19H24N6O/c1-22(2)17-12-24(13-18(17)25-9-8-20-21-25)19(26)11-15-10-14-6-4-5-7-16(14)23(15)3/h4-10,17-18H,11-13H2,1-3H3/t17-,18+/m1/s1. The van der Waals surface area contributed by atoms with Gasteiger partial charge in [-0.3, -0.25) is 4.79 Å². The van der Waals surface area contributed by atoms with Gasteiger partial charge >= 0.3 is 0 Å². The van der Waals surface area contributed by atoms with Crippen molar-refractivity contribution in [3.8, 4) is 0 Å². The van der Waals surface area contributed by atoms with Crippen LogP contribution in [0.1, 0.15) is 11.7 Å². The molecule has 0 bridgehead atoms. The average Bonchev–Trinajstić information content (AvgIpc) is 3.34. The fourth-order valence-electron chi connectivity index (χ4n) is 3.92. The molecule has 2 aromatic heterocycles. The molecule has 3 heterocycles. The monoisotopic (exact) mass is 352 g/mol. The Kier molecular flexibility index (Phi) is 4.24. The van der Waals surface area contributed by atoms with Crippen LogP contribution in [-0.2, 0) is 18.3 Å². The van der Waals surface area contributed by atoms with Gasteiger partial charge in [0.25, 0.3) is 0 Å². The molecule has 0 N–H and O–H groups in total. The summed E-state index contributed by atoms with van der Waals surface area (Å²) in [4.78, 5) is 17.1. The molecular weight excluding hydrogens is 328 g/mol. The number of hydrogen-bond acceptors (Lipinski definition) is 4. The molecule has 0 unspecified atom stereocenters. The highest BCUT2D eigenvalue weighted by Gasteiger charge is 2.38. The Morgan fingerprint density at radius 3 is 2.77 bits per heavy atom. The molecule has 0 spiro atoms. The van der Waals surface area contributed by atoms with Gasteiger partial charge in [-0.15, -0.1) is 5.10 Å². The minimum atomic E-state index is 0.129. The number of nitrogens with zero attached hydrogens (tertiary/aromatic N) is 6. The first-order chi connectivity index (χ1) is 12.5. The second-order valence-corrected chi connectivity index (χ2v) is 7.21. The van der Waals surface area contributed by atoms with Crippen LogP contribution in [0.4, 0.5) is 0 Å². The van der Waals surface area contributed by atoms with E-state index in [1.165, 1.54) is 5.39 Å². The molecule has 1 saturated heterocycles. The minimum Gasteiger partial charge on any atom is -0.347 e. The molecule has 7 heteroatoms. The van der Waals surface area contributed by atoms with Crippen molar-refractivity contribution in [2.75, 3.05) is 27.2 Å². The van der Waals surface area contributed by atoms with Gasteiger partial charge in [-0.25, -0.2) is 4.68 Å². The van der Waals surface area contributed by atoms with Crippen LogP contribution in [0, 0.1) is 0 Å². The smallest absolute Gasteiger partial charge is 0.228 e. The summed E-state index contributed by atoms with van der Waals surface area (Å²) >= 11 is 0. The number of likely N-dealkylation sites (N-methyl/N-ethyl adjacent to an activating group) is 1. The number of hydrogen-bond donors (Lipinski definition) is 0. The fraction of sp³-hybridized carbons (Fsp3) is 0.421. The van der Waals surface area contributed by atoms with Gasteiger partial charge in [0.1, 0.15) is 0 Å². The van der Waals surface area contributed by atoms with Gasteiger partial charge in [-0.2, -0.15) is 0 Å². The van der Waals surface area contributed by atoms with E-state index in [0.29, 0.717) is 19.5 Å². The molecule has 7 nitrogen and oxygen atoms in total. The average molecular weight is 352 g/mol. The van der Waals surface area contributed by atoms with Crippen LogP contribution < -0.4 is 0 Å². The van der Waals surface area contributed by atoms with E-state index in [0.717, 1.165) is 11.2 Å². The van der Waals surface area contributed by atoms with E-state index in [-0.39, 0.29) is 18.0 Å². The van der Waals surface area contributed by atoms with E-state index >= 15 is 0 Å². The van der Waals surface area contributed by atoms with Crippen molar-refractivity contribution in [2.24, 2.45) is 7.05 Å². The predicted octanol–water partition coefficient (Wildman–Crippen LogP) is 1.33. The third kappa shape index (κ3) is 2.88. The molecule has 136 valence electrons. The number of carbonyl (C=O) groups excluding carboxylic acids is 1. The van der Waals surface area contributed by atoms with Gasteiger partial charge < -0.3 is 14.4 Å². The van der Waals surface area contributed by atoms with Gasteiger partial charge in [0.05, 0.1) is 24.7 Å². The summed E-state index contributed by atoms with van der Waals surface area (Å²) in [6, 6.07) is 10.7. The number of benzene rings is 1. The number of carbonyl (C=O) groups is 1. The normalized spacial score (nSPS) is 20.4. The first kappa shape index (κ1) is 16.8. The number of aromatic nitrogens is 4. The quantitative estimate of drug-likeness (QED) is 0.711. The summed E-state index contributed by atoms with van der Waals surface area (Å²) in [5.74, 6) is 0.158. The number of likely N-dealkylation sites (tertiary alicyclic amines) is 1. The van der Waals surface area contributed by atoms with Crippen LogP contribution in [0.25, 0.3) is 10.9 Å². The lowest BCUT2D eigenvalue weighted by Crippen LogP contribution is -2.37. The lowest BCUT2D eigenvalue weighted by Gasteiger charge is -2.24. The Balaban J connectivity index is 1.53. The second kappa shape index (κ2) is 6.57. The molecule has 1 aromatic carbocycles. The second-order valence-electron chi connectivity index (χ2n) is 7.21. The predicted molar refractivity (Wildman–Crippen MR) is 99.7 cm³/mol. The zero-order valence-electron chi connectivity index (χ0n) is 15.4. The summed E-state index contributed by atoms with van der Waals surface area (Å²) in [5, 5.41) is 9.24. The zero-order chi connectivity index (χ0) is 18.3. The van der Waals surface area contributed by atoms with Crippen LogP contribution in [-0.4, -0.2) is 68.5 Å². The number of aryl methyl sites for hydroxylation is 1. The molecule has 4 rings (SSSR count). The van der Waals surface area contributed by atoms with Crippen molar-refractivity contribution in [3.05, 3.63) is 48.4 Å². The van der Waals surface area contributed by atoms with Gasteiger partial charge in [-0.1, -0.05) is 23.4 Å². The van der Waals surface area contributed by atoms with Crippen molar-refractivity contribution in [3.63, 3.8) is 0 Å². The van der Waals surface area contributed by atoms with Gasteiger partial charge in [0.2, 0.25) is 5.91 Å². The van der Waals surface area contributed by atoms with Crippen molar-refractivity contribution in [2.45, 2.75) is 18.5 Å². The van der Waals surface area contributed by atoms with Crippen molar-refractivity contribution in [1.82, 2.24) is 29.4 Å². The minimum absolute atomic E-state index is 0.129. The molecule has 26 heavy (non-hydrogen) atoms. The number of fused-ring (bicyclic) bond motifs is 1. The summed E-state index contributed by atoms with van der Waals surface area (Å²) in [6.45, 7) is 1.37. The molecule has 0 radical (unpaired) electrons. The van der Waals surface area contributed by atoms with Crippen molar-refractivity contribution < 1.29 is 4.79 Å². The van der Waals surface area contributed by atoms with E-state index in [4.69, 9.17) is 0 Å². The van der Waals surface area contributed by atoms with E-state index in [1.807, 2.05) is 49.1 Å². The van der Waals surface area contributed by atoms with Crippen LogP contribution in [0.2, 0.25) is 0 Å². The molecule has 1 aliphatic rings. The number of amides is 1. The van der Waals surface area contributed by atoms with E-state index < -0.39 is 0 Å². The summed E-state index contributed by atoms with van der Waals surface area (Å²) in [5.41, 5.74) is 2.20. The summed E-state index contributed by atoms with van der Waals surface area (Å²) in [7, 11) is 6.12. The molecule has 0 aliphatic carbocycles. The fourth-order valence-corrected chi connectivity index (χ4v) is 3.92. The third-order valence-electron chi connectivity index (χ3n) is 5.44. The number of rotatable bonds is 4. The molecule has 1 amide bonds. The molecule has 2 atom stereocenters. The highest BCUT2D eigenvalue weighted by atomic mass is 16.2. The SMILES string of the molecule is CN(C)[C@@H]1CN(C(=O)Cc2cc3ccccc3n2C)C[C@@H]1n1ccnn1. The number of para-hydroxylation sites is 1.